The average molecular weight is 236 g/mol. The zero-order chi connectivity index (χ0) is 12.3. The number of nitrogens with one attached hydrogen (secondary N) is 2. The predicted octanol–water partition coefficient (Wildman–Crippen LogP) is 1.20. The van der Waals surface area contributed by atoms with Gasteiger partial charge in [-0.05, 0) is 12.1 Å². The van der Waals surface area contributed by atoms with Gasteiger partial charge in [0.15, 0.2) is 0 Å². The van der Waals surface area contributed by atoms with Crippen LogP contribution >= 0.6 is 0 Å². The third kappa shape index (κ3) is 2.39. The first kappa shape index (κ1) is 11.1. The highest BCUT2D eigenvalue weighted by atomic mass is 19.1. The van der Waals surface area contributed by atoms with E-state index in [9.17, 15) is 9.18 Å². The van der Waals surface area contributed by atoms with E-state index in [2.05, 4.69) is 20.5 Å². The molecule has 0 fully saturated rings. The van der Waals surface area contributed by atoms with Gasteiger partial charge in [-0.3, -0.25) is 9.89 Å². The highest BCUT2D eigenvalue weighted by Crippen LogP contribution is 2.25. The lowest BCUT2D eigenvalue weighted by molar-refractivity contribution is 0.101. The van der Waals surface area contributed by atoms with Crippen molar-refractivity contribution in [1.82, 2.24) is 15.2 Å². The predicted molar refractivity (Wildman–Crippen MR) is 57.3 cm³/mol. The van der Waals surface area contributed by atoms with Crippen LogP contribution in [0.1, 0.15) is 10.6 Å². The highest BCUT2D eigenvalue weighted by molar-refractivity contribution is 6.02. The monoisotopic (exact) mass is 236 g/mol. The van der Waals surface area contributed by atoms with Crippen molar-refractivity contribution >= 4 is 11.6 Å². The summed E-state index contributed by atoms with van der Waals surface area (Å²) in [5.41, 5.74) is 0.357. The van der Waals surface area contributed by atoms with E-state index in [1.54, 1.807) is 0 Å². The first-order chi connectivity index (χ1) is 8.20. The maximum atomic E-state index is 12.9. The van der Waals surface area contributed by atoms with Crippen LogP contribution in [0.2, 0.25) is 0 Å². The van der Waals surface area contributed by atoms with Gasteiger partial charge in [-0.25, -0.2) is 9.37 Å². The fraction of sp³-hybridized carbons (Fsp3) is 0.100. The second kappa shape index (κ2) is 4.60. The van der Waals surface area contributed by atoms with Crippen molar-refractivity contribution in [3.05, 3.63) is 36.2 Å². The lowest BCUT2D eigenvalue weighted by atomic mass is 10.3. The number of ether oxygens (including phenoxy) is 1. The van der Waals surface area contributed by atoms with Crippen molar-refractivity contribution in [2.24, 2.45) is 0 Å². The van der Waals surface area contributed by atoms with Crippen LogP contribution in [-0.2, 0) is 0 Å². The maximum absolute atomic E-state index is 12.9. The molecule has 1 heterocycles. The summed E-state index contributed by atoms with van der Waals surface area (Å²) in [4.78, 5) is 15.3. The summed E-state index contributed by atoms with van der Waals surface area (Å²) in [5.74, 6) is -0.624. The quantitative estimate of drug-likeness (QED) is 0.839. The van der Waals surface area contributed by atoms with Crippen LogP contribution < -0.4 is 10.1 Å². The van der Waals surface area contributed by atoms with E-state index >= 15 is 0 Å². The molecule has 0 saturated carbocycles. The largest absolute Gasteiger partial charge is 0.494 e. The molecule has 0 aliphatic rings. The number of amides is 1. The maximum Gasteiger partial charge on any atom is 0.293 e. The van der Waals surface area contributed by atoms with Crippen molar-refractivity contribution in [2.45, 2.75) is 0 Å². The molecule has 17 heavy (non-hydrogen) atoms. The zero-order valence-corrected chi connectivity index (χ0v) is 8.90. The molecular formula is C10H9FN4O2. The molecule has 2 aromatic rings. The van der Waals surface area contributed by atoms with E-state index in [1.807, 2.05) is 0 Å². The van der Waals surface area contributed by atoms with Gasteiger partial charge in [-0.2, -0.15) is 5.10 Å². The van der Waals surface area contributed by atoms with E-state index in [4.69, 9.17) is 4.74 Å². The minimum Gasteiger partial charge on any atom is -0.494 e. The number of H-pyrrole nitrogens is 1. The summed E-state index contributed by atoms with van der Waals surface area (Å²) in [6, 6.07) is 3.80. The summed E-state index contributed by atoms with van der Waals surface area (Å²) in [6.07, 6.45) is 1.22. The SMILES string of the molecule is COc1cc(F)ccc1NC(=O)c1ncn[nH]1. The third-order valence-corrected chi connectivity index (χ3v) is 2.04. The number of carbonyl (C=O) groups is 1. The fourth-order valence-corrected chi connectivity index (χ4v) is 1.26. The Hall–Kier alpha value is -2.44. The van der Waals surface area contributed by atoms with Crippen LogP contribution in [0.3, 0.4) is 0 Å². The Morgan fingerprint density at radius 1 is 1.53 bits per heavy atom. The van der Waals surface area contributed by atoms with Crippen LogP contribution in [0.4, 0.5) is 10.1 Å². The standard InChI is InChI=1S/C10H9FN4O2/c1-17-8-4-6(11)2-3-7(8)14-10(16)9-12-5-13-15-9/h2-5H,1H3,(H,14,16)(H,12,13,15). The molecule has 2 N–H and O–H groups in total. The smallest absolute Gasteiger partial charge is 0.293 e. The second-order valence-corrected chi connectivity index (χ2v) is 3.13. The van der Waals surface area contributed by atoms with Crippen molar-refractivity contribution in [2.75, 3.05) is 12.4 Å². The number of methoxy groups -OCH3 is 1. The number of halogens is 1. The van der Waals surface area contributed by atoms with Gasteiger partial charge in [-0.1, -0.05) is 0 Å². The highest BCUT2D eigenvalue weighted by Gasteiger charge is 2.12. The van der Waals surface area contributed by atoms with Gasteiger partial charge in [0.25, 0.3) is 5.91 Å². The number of benzene rings is 1. The van der Waals surface area contributed by atoms with E-state index < -0.39 is 11.7 Å². The molecule has 1 aromatic carbocycles. The topological polar surface area (TPSA) is 79.9 Å². The Morgan fingerprint density at radius 2 is 2.35 bits per heavy atom. The van der Waals surface area contributed by atoms with Gasteiger partial charge in [0, 0.05) is 6.07 Å². The molecule has 0 aliphatic heterocycles. The van der Waals surface area contributed by atoms with Crippen LogP contribution in [0.15, 0.2) is 24.5 Å². The third-order valence-electron chi connectivity index (χ3n) is 2.04. The zero-order valence-electron chi connectivity index (χ0n) is 8.90. The van der Waals surface area contributed by atoms with E-state index in [0.717, 1.165) is 0 Å². The number of aromatic amines is 1. The van der Waals surface area contributed by atoms with Crippen molar-refractivity contribution < 1.29 is 13.9 Å². The van der Waals surface area contributed by atoms with Crippen LogP contribution in [0, 0.1) is 5.82 Å². The molecule has 2 rings (SSSR count). The minimum absolute atomic E-state index is 0.0661. The summed E-state index contributed by atoms with van der Waals surface area (Å²) in [7, 11) is 1.39. The average Bonchev–Trinajstić information content (AvgIpc) is 2.85. The van der Waals surface area contributed by atoms with E-state index in [-0.39, 0.29) is 11.6 Å². The molecule has 0 bridgehead atoms. The number of carbonyl (C=O) groups excluding carboxylic acids is 1. The summed E-state index contributed by atoms with van der Waals surface area (Å²) >= 11 is 0. The second-order valence-electron chi connectivity index (χ2n) is 3.13. The van der Waals surface area contributed by atoms with Gasteiger partial charge >= 0.3 is 0 Å². The minimum atomic E-state index is -0.479. The van der Waals surface area contributed by atoms with Crippen molar-refractivity contribution in [3.63, 3.8) is 0 Å². The Bertz CT molecular complexity index is 527. The molecule has 7 heteroatoms. The number of hydrogen-bond donors (Lipinski definition) is 2. The molecule has 0 atom stereocenters. The molecule has 1 amide bonds. The van der Waals surface area contributed by atoms with Crippen LogP contribution in [0.5, 0.6) is 5.75 Å². The number of nitrogens with zero attached hydrogens (tertiary/aromatic N) is 2. The lowest BCUT2D eigenvalue weighted by Gasteiger charge is -2.08. The van der Waals surface area contributed by atoms with Crippen molar-refractivity contribution in [1.29, 1.82) is 0 Å². The first-order valence-corrected chi connectivity index (χ1v) is 4.71. The number of anilines is 1. The van der Waals surface area contributed by atoms with Gasteiger partial charge in [0.2, 0.25) is 5.82 Å². The fourth-order valence-electron chi connectivity index (χ4n) is 1.26. The van der Waals surface area contributed by atoms with Crippen LogP contribution in [-0.4, -0.2) is 28.2 Å². The molecule has 0 spiro atoms. The molecule has 88 valence electrons. The normalized spacial score (nSPS) is 10.0. The van der Waals surface area contributed by atoms with E-state index in [0.29, 0.717) is 5.69 Å². The van der Waals surface area contributed by atoms with Gasteiger partial charge in [-0.15, -0.1) is 0 Å². The Balaban J connectivity index is 2.21. The van der Waals surface area contributed by atoms with Gasteiger partial charge < -0.3 is 10.1 Å². The molecular weight excluding hydrogens is 227 g/mol. The number of aromatic nitrogens is 3. The van der Waals surface area contributed by atoms with Gasteiger partial charge in [0.05, 0.1) is 12.8 Å². The van der Waals surface area contributed by atoms with Crippen molar-refractivity contribution in [3.8, 4) is 5.75 Å². The Morgan fingerprint density at radius 3 is 3.00 bits per heavy atom. The lowest BCUT2D eigenvalue weighted by Crippen LogP contribution is -2.14. The molecule has 0 saturated heterocycles. The molecule has 1 aromatic heterocycles. The van der Waals surface area contributed by atoms with Crippen LogP contribution in [0.25, 0.3) is 0 Å². The molecule has 0 aliphatic carbocycles. The molecule has 0 radical (unpaired) electrons. The summed E-state index contributed by atoms with van der Waals surface area (Å²) in [6.45, 7) is 0. The van der Waals surface area contributed by atoms with Gasteiger partial charge in [0.1, 0.15) is 17.9 Å². The molecule has 0 unspecified atom stereocenters. The first-order valence-electron chi connectivity index (χ1n) is 4.71. The Kier molecular flexibility index (Phi) is 2.99. The number of hydrogen-bond acceptors (Lipinski definition) is 4. The number of rotatable bonds is 3. The summed E-state index contributed by atoms with van der Waals surface area (Å²) < 4.78 is 17.9. The summed E-state index contributed by atoms with van der Waals surface area (Å²) in [5, 5.41) is 8.50. The van der Waals surface area contributed by atoms with E-state index in [1.165, 1.54) is 31.6 Å². The Labute approximate surface area is 95.8 Å². The molecule has 6 nitrogen and oxygen atoms in total.